The molecule has 1 aromatic rings. The van der Waals surface area contributed by atoms with Gasteiger partial charge in [-0.05, 0) is 73.1 Å². The second kappa shape index (κ2) is 6.66. The number of hydrogen-bond donors (Lipinski definition) is 1. The van der Waals surface area contributed by atoms with Crippen molar-refractivity contribution < 1.29 is 4.39 Å². The highest BCUT2D eigenvalue weighted by atomic mass is 35.5. The van der Waals surface area contributed by atoms with Crippen molar-refractivity contribution in [2.24, 2.45) is 23.0 Å². The molecule has 1 saturated carbocycles. The van der Waals surface area contributed by atoms with Crippen LogP contribution in [-0.4, -0.2) is 6.04 Å². The van der Waals surface area contributed by atoms with Gasteiger partial charge in [0.1, 0.15) is 5.82 Å². The molecule has 0 amide bonds. The fraction of sp³-hybridized carbons (Fsp3) is 0.667. The SMILES string of the molecule is CC(C)(C)C1CCC(C(N)Cc2cc(Cl)ccc2F)CC1. The van der Waals surface area contributed by atoms with E-state index in [1.807, 2.05) is 0 Å². The first kappa shape index (κ1) is 16.8. The molecule has 0 spiro atoms. The summed E-state index contributed by atoms with van der Waals surface area (Å²) in [6.07, 6.45) is 5.37. The van der Waals surface area contributed by atoms with Crippen LogP contribution in [0.1, 0.15) is 52.0 Å². The van der Waals surface area contributed by atoms with Gasteiger partial charge in [-0.15, -0.1) is 0 Å². The zero-order chi connectivity index (χ0) is 15.6. The van der Waals surface area contributed by atoms with Crippen LogP contribution in [0.15, 0.2) is 18.2 Å². The molecule has 0 saturated heterocycles. The van der Waals surface area contributed by atoms with Crippen molar-refractivity contribution >= 4 is 11.6 Å². The Balaban J connectivity index is 1.93. The van der Waals surface area contributed by atoms with Crippen molar-refractivity contribution in [3.63, 3.8) is 0 Å². The highest BCUT2D eigenvalue weighted by Gasteiger charge is 2.31. The van der Waals surface area contributed by atoms with Crippen molar-refractivity contribution in [1.82, 2.24) is 0 Å². The largest absolute Gasteiger partial charge is 0.327 e. The molecule has 2 rings (SSSR count). The van der Waals surface area contributed by atoms with E-state index in [1.165, 1.54) is 18.9 Å². The molecule has 0 heterocycles. The van der Waals surface area contributed by atoms with Gasteiger partial charge in [-0.2, -0.15) is 0 Å². The molecule has 118 valence electrons. The standard InChI is InChI=1S/C18H27ClFN/c1-18(2,3)14-6-4-12(5-7-14)17(21)11-13-10-15(19)8-9-16(13)20/h8-10,12,14,17H,4-7,11,21H2,1-3H3. The molecule has 1 unspecified atom stereocenters. The van der Waals surface area contributed by atoms with Gasteiger partial charge in [0.2, 0.25) is 0 Å². The fourth-order valence-electron chi connectivity index (χ4n) is 3.53. The van der Waals surface area contributed by atoms with Crippen molar-refractivity contribution in [2.45, 2.75) is 58.9 Å². The third-order valence-electron chi connectivity index (χ3n) is 5.07. The quantitative estimate of drug-likeness (QED) is 0.815. The Morgan fingerprint density at radius 2 is 1.86 bits per heavy atom. The summed E-state index contributed by atoms with van der Waals surface area (Å²) >= 11 is 5.95. The normalized spacial score (nSPS) is 24.9. The van der Waals surface area contributed by atoms with Gasteiger partial charge < -0.3 is 5.73 Å². The summed E-state index contributed by atoms with van der Waals surface area (Å²) in [5.41, 5.74) is 7.37. The zero-order valence-corrected chi connectivity index (χ0v) is 14.1. The summed E-state index contributed by atoms with van der Waals surface area (Å²) in [6.45, 7) is 6.96. The predicted molar refractivity (Wildman–Crippen MR) is 88.0 cm³/mol. The average Bonchev–Trinajstić information content (AvgIpc) is 2.42. The van der Waals surface area contributed by atoms with Gasteiger partial charge in [-0.1, -0.05) is 32.4 Å². The Labute approximate surface area is 133 Å². The molecule has 1 aliphatic carbocycles. The van der Waals surface area contributed by atoms with E-state index < -0.39 is 0 Å². The predicted octanol–water partition coefficient (Wildman–Crippen LogP) is 5.20. The van der Waals surface area contributed by atoms with E-state index >= 15 is 0 Å². The molecule has 21 heavy (non-hydrogen) atoms. The van der Waals surface area contributed by atoms with Crippen LogP contribution in [0, 0.1) is 23.1 Å². The van der Waals surface area contributed by atoms with Crippen molar-refractivity contribution in [3.05, 3.63) is 34.6 Å². The Hall–Kier alpha value is -0.600. The van der Waals surface area contributed by atoms with Crippen LogP contribution >= 0.6 is 11.6 Å². The lowest BCUT2D eigenvalue weighted by Crippen LogP contribution is -2.37. The number of hydrogen-bond acceptors (Lipinski definition) is 1. The van der Waals surface area contributed by atoms with Gasteiger partial charge >= 0.3 is 0 Å². The summed E-state index contributed by atoms with van der Waals surface area (Å²) in [5.74, 6) is 1.09. The number of benzene rings is 1. The second-order valence-electron chi connectivity index (χ2n) is 7.58. The molecule has 1 aliphatic rings. The lowest BCUT2D eigenvalue weighted by molar-refractivity contribution is 0.139. The maximum absolute atomic E-state index is 13.8. The maximum atomic E-state index is 13.8. The van der Waals surface area contributed by atoms with Crippen molar-refractivity contribution in [2.75, 3.05) is 0 Å². The maximum Gasteiger partial charge on any atom is 0.126 e. The summed E-state index contributed by atoms with van der Waals surface area (Å²) in [4.78, 5) is 0. The topological polar surface area (TPSA) is 26.0 Å². The van der Waals surface area contributed by atoms with Crippen molar-refractivity contribution in [1.29, 1.82) is 0 Å². The van der Waals surface area contributed by atoms with Crippen LogP contribution in [0.3, 0.4) is 0 Å². The first-order chi connectivity index (χ1) is 9.77. The summed E-state index contributed by atoms with van der Waals surface area (Å²) < 4.78 is 13.8. The van der Waals surface area contributed by atoms with Gasteiger partial charge in [0.25, 0.3) is 0 Å². The van der Waals surface area contributed by atoms with E-state index in [-0.39, 0.29) is 11.9 Å². The minimum atomic E-state index is -0.196. The van der Waals surface area contributed by atoms with Crippen molar-refractivity contribution in [3.8, 4) is 0 Å². The second-order valence-corrected chi connectivity index (χ2v) is 8.02. The summed E-state index contributed by atoms with van der Waals surface area (Å²) in [6, 6.07) is 4.75. The van der Waals surface area contributed by atoms with Gasteiger partial charge in [0, 0.05) is 11.1 Å². The highest BCUT2D eigenvalue weighted by Crippen LogP contribution is 2.40. The molecule has 0 radical (unpaired) electrons. The lowest BCUT2D eigenvalue weighted by atomic mass is 9.68. The Morgan fingerprint density at radius 3 is 2.43 bits per heavy atom. The zero-order valence-electron chi connectivity index (χ0n) is 13.3. The molecular formula is C18H27ClFN. The van der Waals surface area contributed by atoms with Gasteiger partial charge in [-0.3, -0.25) is 0 Å². The monoisotopic (exact) mass is 311 g/mol. The van der Waals surface area contributed by atoms with Crippen LogP contribution in [0.5, 0.6) is 0 Å². The molecule has 1 atom stereocenters. The van der Waals surface area contributed by atoms with Crippen LogP contribution < -0.4 is 5.73 Å². The molecule has 0 aromatic heterocycles. The number of halogens is 2. The Kier molecular flexibility index (Phi) is 5.32. The Morgan fingerprint density at radius 1 is 1.24 bits per heavy atom. The molecular weight excluding hydrogens is 285 g/mol. The fourth-order valence-corrected chi connectivity index (χ4v) is 3.73. The number of nitrogens with two attached hydrogens (primary N) is 1. The Bertz CT molecular complexity index is 473. The molecule has 3 heteroatoms. The van der Waals surface area contributed by atoms with E-state index in [2.05, 4.69) is 20.8 Å². The molecule has 1 nitrogen and oxygen atoms in total. The lowest BCUT2D eigenvalue weighted by Gasteiger charge is -2.38. The summed E-state index contributed by atoms with van der Waals surface area (Å²) in [7, 11) is 0. The summed E-state index contributed by atoms with van der Waals surface area (Å²) in [5, 5.41) is 0.579. The molecule has 2 N–H and O–H groups in total. The van der Waals surface area contributed by atoms with E-state index in [4.69, 9.17) is 17.3 Å². The molecule has 1 aromatic carbocycles. The molecule has 1 fully saturated rings. The first-order valence-electron chi connectivity index (χ1n) is 7.97. The van der Waals surface area contributed by atoms with E-state index in [0.29, 0.717) is 28.3 Å². The smallest absolute Gasteiger partial charge is 0.126 e. The highest BCUT2D eigenvalue weighted by molar-refractivity contribution is 6.30. The van der Waals surface area contributed by atoms with E-state index in [0.717, 1.165) is 18.8 Å². The minimum absolute atomic E-state index is 0.0267. The molecule has 0 aliphatic heterocycles. The third-order valence-corrected chi connectivity index (χ3v) is 5.30. The number of rotatable bonds is 3. The minimum Gasteiger partial charge on any atom is -0.327 e. The van der Waals surface area contributed by atoms with Crippen LogP contribution in [0.4, 0.5) is 4.39 Å². The average molecular weight is 312 g/mol. The first-order valence-corrected chi connectivity index (χ1v) is 8.34. The van der Waals surface area contributed by atoms with Gasteiger partial charge in [0.05, 0.1) is 0 Å². The molecule has 0 bridgehead atoms. The third kappa shape index (κ3) is 4.43. The van der Waals surface area contributed by atoms with Crippen LogP contribution in [0.2, 0.25) is 5.02 Å². The van der Waals surface area contributed by atoms with E-state index in [1.54, 1.807) is 12.1 Å². The van der Waals surface area contributed by atoms with E-state index in [9.17, 15) is 4.39 Å². The van der Waals surface area contributed by atoms with Gasteiger partial charge in [0.15, 0.2) is 0 Å². The van der Waals surface area contributed by atoms with Gasteiger partial charge in [-0.25, -0.2) is 4.39 Å². The van der Waals surface area contributed by atoms with Crippen LogP contribution in [0.25, 0.3) is 0 Å². The van der Waals surface area contributed by atoms with Crippen LogP contribution in [-0.2, 0) is 6.42 Å².